The third kappa shape index (κ3) is 3.29. The first-order valence-corrected chi connectivity index (χ1v) is 17.1. The second-order valence-electron chi connectivity index (χ2n) is 14.7. The Kier molecular flexibility index (Phi) is 6.37. The molecule has 2 N–H and O–H groups in total. The van der Waals surface area contributed by atoms with E-state index >= 15 is 0 Å². The number of aryl methyl sites for hydroxylation is 1. The van der Waals surface area contributed by atoms with Crippen LogP contribution >= 0.6 is 0 Å². The monoisotopic (exact) mass is 591 g/mol. The standard InChI is InChI=1S/C39H45NO4/c1-3-25(2)22-31-37-19-6-7-20-38(37,39(31)30-13-8-10-27(11-9-21-40)33(30)34(41)44-39)32(43-35(37)42)23-26-14-15-29-17-16-28-12-4-5-18-36(28,29)24-26/h4-6,8,10,12-15,18-19,23,25-26,28-29,31H,3,7,9,11,16-17,20-22,24,40H2,1-2H3/b32-23-/t25-,26+,28+,29-,31-,36+,37-,38+,39+/m0/s1. The van der Waals surface area contributed by atoms with Crippen LogP contribution in [-0.2, 0) is 26.3 Å². The lowest BCUT2D eigenvalue weighted by atomic mass is 9.31. The molecule has 5 nitrogen and oxygen atoms in total. The van der Waals surface area contributed by atoms with E-state index in [0.717, 1.165) is 55.4 Å². The number of fused-ring (bicyclic) bond motifs is 2. The van der Waals surface area contributed by atoms with Gasteiger partial charge in [0.2, 0.25) is 0 Å². The Morgan fingerprint density at radius 1 is 1.09 bits per heavy atom. The van der Waals surface area contributed by atoms with Crippen LogP contribution in [0, 0.1) is 45.8 Å². The van der Waals surface area contributed by atoms with Gasteiger partial charge in [-0.15, -0.1) is 0 Å². The van der Waals surface area contributed by atoms with E-state index in [4.69, 9.17) is 15.2 Å². The third-order valence-corrected chi connectivity index (χ3v) is 13.0. The molecule has 1 aromatic carbocycles. The molecular formula is C39H45NO4. The van der Waals surface area contributed by atoms with Crippen LogP contribution in [0.25, 0.3) is 0 Å². The summed E-state index contributed by atoms with van der Waals surface area (Å²) in [6.07, 6.45) is 28.9. The van der Waals surface area contributed by atoms with Gasteiger partial charge >= 0.3 is 11.9 Å². The fourth-order valence-electron chi connectivity index (χ4n) is 10.9. The molecule has 2 saturated carbocycles. The summed E-state index contributed by atoms with van der Waals surface area (Å²) in [7, 11) is 0. The van der Waals surface area contributed by atoms with Crippen molar-refractivity contribution in [2.45, 2.75) is 77.2 Å². The van der Waals surface area contributed by atoms with Gasteiger partial charge in [-0.05, 0) is 93.2 Å². The number of hydrogen-bond acceptors (Lipinski definition) is 5. The number of hydrogen-bond donors (Lipinski definition) is 1. The van der Waals surface area contributed by atoms with E-state index < -0.39 is 16.4 Å². The fraction of sp³-hybridized carbons (Fsp3) is 0.538. The van der Waals surface area contributed by atoms with Crippen molar-refractivity contribution in [2.75, 3.05) is 6.54 Å². The molecule has 0 aromatic heterocycles. The molecule has 1 aromatic rings. The smallest absolute Gasteiger partial charge is 0.339 e. The van der Waals surface area contributed by atoms with Gasteiger partial charge in [0.25, 0.3) is 0 Å². The molecule has 0 bridgehead atoms. The molecule has 0 radical (unpaired) electrons. The fourth-order valence-corrected chi connectivity index (χ4v) is 10.9. The van der Waals surface area contributed by atoms with E-state index in [1.807, 2.05) is 6.07 Å². The molecule has 8 rings (SSSR count). The van der Waals surface area contributed by atoms with E-state index in [9.17, 15) is 9.59 Å². The molecular weight excluding hydrogens is 546 g/mol. The normalized spacial score (nSPS) is 41.9. The second kappa shape index (κ2) is 9.91. The number of carbonyl (C=O) groups excluding carboxylic acids is 2. The Morgan fingerprint density at radius 2 is 1.93 bits per heavy atom. The van der Waals surface area contributed by atoms with E-state index in [2.05, 4.69) is 80.7 Å². The first-order valence-electron chi connectivity index (χ1n) is 17.1. The SMILES string of the molecule is CC[C@H](C)C[C@@H]1[C@@]2(OC(=O)c3c(CCCN)cccc32)[C@@]23CCC=C[C@@]12C(=O)O/C3=C\[C@H]1C=C[C@H]2CC[C@H]3C=CC=C[C@@]32C1. The van der Waals surface area contributed by atoms with E-state index in [-0.39, 0.29) is 29.2 Å². The van der Waals surface area contributed by atoms with Crippen molar-refractivity contribution in [3.8, 4) is 0 Å². The molecule has 2 spiro atoms. The van der Waals surface area contributed by atoms with Crippen LogP contribution in [0.4, 0.5) is 0 Å². The van der Waals surface area contributed by atoms with Crippen molar-refractivity contribution in [1.82, 2.24) is 0 Å². The van der Waals surface area contributed by atoms with Crippen LogP contribution in [0.15, 0.2) is 78.6 Å². The van der Waals surface area contributed by atoms with Crippen LogP contribution in [0.2, 0.25) is 0 Å². The molecule has 230 valence electrons. The van der Waals surface area contributed by atoms with Crippen molar-refractivity contribution in [1.29, 1.82) is 0 Å². The Bertz CT molecular complexity index is 1570. The van der Waals surface area contributed by atoms with Crippen LogP contribution in [0.1, 0.15) is 86.7 Å². The lowest BCUT2D eigenvalue weighted by Gasteiger charge is -2.69. The van der Waals surface area contributed by atoms with Gasteiger partial charge in [0.1, 0.15) is 11.2 Å². The Labute approximate surface area is 261 Å². The number of carbonyl (C=O) groups is 2. The van der Waals surface area contributed by atoms with Crippen molar-refractivity contribution in [3.63, 3.8) is 0 Å². The van der Waals surface area contributed by atoms with Crippen molar-refractivity contribution in [2.24, 2.45) is 51.6 Å². The van der Waals surface area contributed by atoms with Crippen molar-refractivity contribution in [3.05, 3.63) is 95.3 Å². The van der Waals surface area contributed by atoms with Crippen LogP contribution in [-0.4, -0.2) is 18.5 Å². The largest absolute Gasteiger partial charge is 0.449 e. The maximum atomic E-state index is 14.4. The van der Waals surface area contributed by atoms with Crippen LogP contribution < -0.4 is 5.73 Å². The minimum Gasteiger partial charge on any atom is -0.449 e. The average molecular weight is 592 g/mol. The second-order valence-corrected chi connectivity index (χ2v) is 14.7. The zero-order chi connectivity index (χ0) is 30.3. The molecule has 3 fully saturated rings. The van der Waals surface area contributed by atoms with Crippen LogP contribution in [0.5, 0.6) is 0 Å². The lowest BCUT2D eigenvalue weighted by Crippen LogP contribution is -2.75. The van der Waals surface area contributed by atoms with Crippen molar-refractivity contribution < 1.29 is 19.1 Å². The highest BCUT2D eigenvalue weighted by molar-refractivity contribution is 5.99. The zero-order valence-corrected chi connectivity index (χ0v) is 26.1. The number of benzene rings is 1. The van der Waals surface area contributed by atoms with Gasteiger partial charge in [-0.2, -0.15) is 0 Å². The third-order valence-electron chi connectivity index (χ3n) is 13.0. The highest BCUT2D eigenvalue weighted by Crippen LogP contribution is 2.84. The van der Waals surface area contributed by atoms with Gasteiger partial charge in [0.05, 0.1) is 11.0 Å². The minimum atomic E-state index is -0.938. The van der Waals surface area contributed by atoms with E-state index in [0.29, 0.717) is 36.3 Å². The predicted molar refractivity (Wildman–Crippen MR) is 170 cm³/mol. The number of ether oxygens (including phenoxy) is 2. The predicted octanol–water partition coefficient (Wildman–Crippen LogP) is 7.49. The summed E-state index contributed by atoms with van der Waals surface area (Å²) in [6, 6.07) is 6.21. The first-order chi connectivity index (χ1) is 21.4. The van der Waals surface area contributed by atoms with Crippen LogP contribution in [0.3, 0.4) is 0 Å². The quantitative estimate of drug-likeness (QED) is 0.263. The molecule has 44 heavy (non-hydrogen) atoms. The van der Waals surface area contributed by atoms with Gasteiger partial charge in [0, 0.05) is 16.9 Å². The first kappa shape index (κ1) is 28.3. The summed E-state index contributed by atoms with van der Waals surface area (Å²) < 4.78 is 13.3. The molecule has 7 aliphatic rings. The average Bonchev–Trinajstić information content (AvgIpc) is 3.65. The minimum absolute atomic E-state index is 0.121. The zero-order valence-electron chi connectivity index (χ0n) is 26.1. The van der Waals surface area contributed by atoms with Gasteiger partial charge in [-0.25, -0.2) is 4.79 Å². The number of esters is 2. The van der Waals surface area contributed by atoms with Gasteiger partial charge in [0.15, 0.2) is 5.60 Å². The lowest BCUT2D eigenvalue weighted by molar-refractivity contribution is -0.273. The number of allylic oxidation sites excluding steroid dienone is 8. The summed E-state index contributed by atoms with van der Waals surface area (Å²) in [5.41, 5.74) is 6.13. The highest BCUT2D eigenvalue weighted by Gasteiger charge is 2.90. The van der Waals surface area contributed by atoms with Crippen molar-refractivity contribution >= 4 is 11.9 Å². The van der Waals surface area contributed by atoms with Gasteiger partial charge in [-0.3, -0.25) is 4.79 Å². The summed E-state index contributed by atoms with van der Waals surface area (Å²) in [6.45, 7) is 5.01. The summed E-state index contributed by atoms with van der Waals surface area (Å²) >= 11 is 0. The van der Waals surface area contributed by atoms with E-state index in [1.165, 1.54) is 12.8 Å². The molecule has 2 heterocycles. The summed E-state index contributed by atoms with van der Waals surface area (Å²) in [4.78, 5) is 28.4. The number of rotatable bonds is 7. The molecule has 9 atom stereocenters. The Morgan fingerprint density at radius 3 is 2.75 bits per heavy atom. The molecule has 5 heteroatoms. The number of nitrogens with two attached hydrogens (primary N) is 1. The summed E-state index contributed by atoms with van der Waals surface area (Å²) in [5, 5.41) is 0. The molecule has 5 aliphatic carbocycles. The highest BCUT2D eigenvalue weighted by atomic mass is 16.6. The molecule has 0 amide bonds. The maximum Gasteiger partial charge on any atom is 0.339 e. The maximum absolute atomic E-state index is 14.4. The topological polar surface area (TPSA) is 78.6 Å². The summed E-state index contributed by atoms with van der Waals surface area (Å²) in [5.74, 6) is 1.72. The Balaban J connectivity index is 1.30. The van der Waals surface area contributed by atoms with E-state index in [1.54, 1.807) is 0 Å². The number of cyclic esters (lactones) is 1. The molecule has 1 saturated heterocycles. The van der Waals surface area contributed by atoms with Gasteiger partial charge in [-0.1, -0.05) is 87.1 Å². The molecule has 0 unspecified atom stereocenters. The molecule has 2 aliphatic heterocycles. The van der Waals surface area contributed by atoms with Gasteiger partial charge < -0.3 is 15.2 Å². The Hall–Kier alpha value is -3.18.